The van der Waals surface area contributed by atoms with E-state index in [-0.39, 0.29) is 29.9 Å². The average Bonchev–Trinajstić information content (AvgIpc) is 3.41. The van der Waals surface area contributed by atoms with Crippen LogP contribution in [0.3, 0.4) is 0 Å². The van der Waals surface area contributed by atoms with E-state index in [2.05, 4.69) is 15.3 Å². The zero-order valence-electron chi connectivity index (χ0n) is 18.7. The Labute approximate surface area is 200 Å². The third kappa shape index (κ3) is 3.85. The predicted molar refractivity (Wildman–Crippen MR) is 127 cm³/mol. The molecular formula is C24H25N5O4S. The van der Waals surface area contributed by atoms with Crippen molar-refractivity contribution in [3.63, 3.8) is 0 Å². The van der Waals surface area contributed by atoms with Crippen LogP contribution in [0.5, 0.6) is 0 Å². The van der Waals surface area contributed by atoms with E-state index >= 15 is 0 Å². The Bertz CT molecular complexity index is 1240. The number of hydrogen-bond donors (Lipinski definition) is 1. The fourth-order valence-electron chi connectivity index (χ4n) is 4.81. The molecule has 1 unspecified atom stereocenters. The first-order chi connectivity index (χ1) is 16.5. The fraction of sp³-hybridized carbons (Fsp3) is 0.458. The van der Waals surface area contributed by atoms with Crippen LogP contribution in [-0.2, 0) is 16.0 Å². The molecule has 2 aromatic heterocycles. The number of carbonyl (C=O) groups is 3. The zero-order valence-corrected chi connectivity index (χ0v) is 19.5. The number of amides is 2. The van der Waals surface area contributed by atoms with Crippen LogP contribution in [0.15, 0.2) is 28.7 Å². The van der Waals surface area contributed by atoms with Crippen LogP contribution < -0.4 is 10.2 Å². The van der Waals surface area contributed by atoms with Crippen LogP contribution in [0.1, 0.15) is 41.0 Å². The van der Waals surface area contributed by atoms with E-state index in [0.717, 1.165) is 30.4 Å². The molecule has 1 aromatic carbocycles. The number of fused-ring (bicyclic) bond motifs is 2. The molecule has 176 valence electrons. The van der Waals surface area contributed by atoms with Crippen molar-refractivity contribution in [3.05, 3.63) is 34.8 Å². The fourth-order valence-corrected chi connectivity index (χ4v) is 5.75. The normalized spacial score (nSPS) is 20.8. The van der Waals surface area contributed by atoms with E-state index in [0.29, 0.717) is 54.3 Å². The molecule has 3 aromatic rings. The number of nitrogens with zero attached hydrogens (tertiary/aromatic N) is 4. The van der Waals surface area contributed by atoms with Gasteiger partial charge in [0, 0.05) is 44.9 Å². The Morgan fingerprint density at radius 2 is 1.82 bits per heavy atom. The van der Waals surface area contributed by atoms with E-state index in [1.165, 1.54) is 11.3 Å². The van der Waals surface area contributed by atoms with Gasteiger partial charge in [0.25, 0.3) is 6.01 Å². The molecule has 1 aliphatic heterocycles. The zero-order chi connectivity index (χ0) is 23.2. The minimum atomic E-state index is -0.409. The Hall–Kier alpha value is -3.27. The quantitative estimate of drug-likeness (QED) is 0.612. The number of ketones is 1. The van der Waals surface area contributed by atoms with Crippen molar-refractivity contribution in [2.24, 2.45) is 11.8 Å². The van der Waals surface area contributed by atoms with Gasteiger partial charge in [-0.3, -0.25) is 14.4 Å². The maximum Gasteiger partial charge on any atom is 0.298 e. The maximum absolute atomic E-state index is 13.2. The molecule has 2 aliphatic carbocycles. The lowest BCUT2D eigenvalue weighted by atomic mass is 9.85. The second-order valence-corrected chi connectivity index (χ2v) is 10.2. The van der Waals surface area contributed by atoms with E-state index in [1.54, 1.807) is 0 Å². The predicted octanol–water partition coefficient (Wildman–Crippen LogP) is 3.12. The van der Waals surface area contributed by atoms with Crippen LogP contribution in [0, 0.1) is 11.8 Å². The molecule has 0 spiro atoms. The van der Waals surface area contributed by atoms with Crippen molar-refractivity contribution in [2.45, 2.75) is 32.1 Å². The van der Waals surface area contributed by atoms with Crippen LogP contribution in [0.2, 0.25) is 0 Å². The number of para-hydroxylation sites is 2. The van der Waals surface area contributed by atoms with Gasteiger partial charge in [-0.25, -0.2) is 4.98 Å². The summed E-state index contributed by atoms with van der Waals surface area (Å²) in [6.07, 6.45) is 3.52. The standard InChI is InChI=1S/C24H25N5O4S/c30-18-13-15(12-17-20(18)34-23(25-17)27-21(31)14-4-3-5-14)22(32)28-8-10-29(11-9-28)24-26-16-6-1-2-7-19(16)33-24/h1-2,6-7,14-15H,3-5,8-13H2,(H,25,27,31). The van der Waals surface area contributed by atoms with Crippen molar-refractivity contribution >= 4 is 51.2 Å². The van der Waals surface area contributed by atoms with Gasteiger partial charge >= 0.3 is 0 Å². The molecule has 0 bridgehead atoms. The second-order valence-electron chi connectivity index (χ2n) is 9.22. The minimum Gasteiger partial charge on any atom is -0.423 e. The summed E-state index contributed by atoms with van der Waals surface area (Å²) in [5, 5.41) is 3.33. The molecule has 1 atom stereocenters. The first kappa shape index (κ1) is 21.3. The molecular weight excluding hydrogens is 454 g/mol. The molecule has 3 heterocycles. The molecule has 9 nitrogen and oxygen atoms in total. The highest BCUT2D eigenvalue weighted by molar-refractivity contribution is 7.17. The number of nitrogens with one attached hydrogen (secondary N) is 1. The third-order valence-corrected chi connectivity index (χ3v) is 8.08. The average molecular weight is 480 g/mol. The van der Waals surface area contributed by atoms with Gasteiger partial charge in [-0.1, -0.05) is 29.9 Å². The van der Waals surface area contributed by atoms with Gasteiger partial charge in [-0.15, -0.1) is 0 Å². The van der Waals surface area contributed by atoms with Crippen LogP contribution in [0.4, 0.5) is 11.1 Å². The van der Waals surface area contributed by atoms with E-state index in [4.69, 9.17) is 4.42 Å². The summed E-state index contributed by atoms with van der Waals surface area (Å²) in [6.45, 7) is 2.35. The first-order valence-electron chi connectivity index (χ1n) is 11.8. The Morgan fingerprint density at radius 1 is 1.03 bits per heavy atom. The largest absolute Gasteiger partial charge is 0.423 e. The SMILES string of the molecule is O=C1CC(C(=O)N2CCN(c3nc4ccccc4o3)CC2)Cc2nc(NC(=O)C3CCC3)sc21. The summed E-state index contributed by atoms with van der Waals surface area (Å²) in [7, 11) is 0. The number of hydrogen-bond acceptors (Lipinski definition) is 8. The van der Waals surface area contributed by atoms with Crippen LogP contribution in [-0.4, -0.2) is 58.6 Å². The molecule has 10 heteroatoms. The molecule has 1 saturated carbocycles. The molecule has 2 fully saturated rings. The topological polar surface area (TPSA) is 109 Å². The monoisotopic (exact) mass is 479 g/mol. The van der Waals surface area contributed by atoms with Crippen molar-refractivity contribution in [2.75, 3.05) is 36.4 Å². The van der Waals surface area contributed by atoms with Crippen molar-refractivity contribution in [1.82, 2.24) is 14.9 Å². The highest BCUT2D eigenvalue weighted by Gasteiger charge is 2.37. The molecule has 1 saturated heterocycles. The summed E-state index contributed by atoms with van der Waals surface area (Å²) in [5.74, 6) is -0.447. The van der Waals surface area contributed by atoms with Gasteiger partial charge in [0.05, 0.1) is 16.5 Å². The van der Waals surface area contributed by atoms with E-state index in [9.17, 15) is 14.4 Å². The molecule has 6 rings (SSSR count). The van der Waals surface area contributed by atoms with Gasteiger partial charge in [0.2, 0.25) is 11.8 Å². The van der Waals surface area contributed by atoms with Gasteiger partial charge in [0.1, 0.15) is 5.52 Å². The Morgan fingerprint density at radius 3 is 2.56 bits per heavy atom. The molecule has 2 amide bonds. The molecule has 1 N–H and O–H groups in total. The van der Waals surface area contributed by atoms with Crippen molar-refractivity contribution < 1.29 is 18.8 Å². The van der Waals surface area contributed by atoms with E-state index in [1.807, 2.05) is 34.1 Å². The van der Waals surface area contributed by atoms with Crippen molar-refractivity contribution in [3.8, 4) is 0 Å². The van der Waals surface area contributed by atoms with E-state index < -0.39 is 5.92 Å². The number of oxazole rings is 1. The van der Waals surface area contributed by atoms with Gasteiger partial charge < -0.3 is 19.5 Å². The highest BCUT2D eigenvalue weighted by Crippen LogP contribution is 2.35. The Kier molecular flexibility index (Phi) is 5.32. The van der Waals surface area contributed by atoms with Crippen LogP contribution in [0.25, 0.3) is 11.1 Å². The Balaban J connectivity index is 1.09. The highest BCUT2D eigenvalue weighted by atomic mass is 32.1. The maximum atomic E-state index is 13.2. The smallest absolute Gasteiger partial charge is 0.298 e. The summed E-state index contributed by atoms with van der Waals surface area (Å²) in [4.78, 5) is 51.7. The third-order valence-electron chi connectivity index (χ3n) is 7.02. The lowest BCUT2D eigenvalue weighted by Crippen LogP contribution is -2.51. The molecule has 0 radical (unpaired) electrons. The molecule has 34 heavy (non-hydrogen) atoms. The van der Waals surface area contributed by atoms with Gasteiger partial charge in [-0.2, -0.15) is 4.98 Å². The number of benzene rings is 1. The summed E-state index contributed by atoms with van der Waals surface area (Å²) in [6, 6.07) is 8.22. The lowest BCUT2D eigenvalue weighted by molar-refractivity contribution is -0.136. The van der Waals surface area contributed by atoms with Crippen LogP contribution >= 0.6 is 11.3 Å². The summed E-state index contributed by atoms with van der Waals surface area (Å²) >= 11 is 1.23. The number of anilines is 2. The number of thiazole rings is 1. The number of rotatable bonds is 4. The van der Waals surface area contributed by atoms with Crippen molar-refractivity contribution in [1.29, 1.82) is 0 Å². The first-order valence-corrected chi connectivity index (χ1v) is 12.6. The minimum absolute atomic E-state index is 0.00994. The van der Waals surface area contributed by atoms with Gasteiger partial charge in [-0.05, 0) is 25.0 Å². The second kappa shape index (κ2) is 8.50. The molecule has 3 aliphatic rings. The number of piperazine rings is 1. The summed E-state index contributed by atoms with van der Waals surface area (Å²) < 4.78 is 5.86. The van der Waals surface area contributed by atoms with Gasteiger partial charge in [0.15, 0.2) is 16.5 Å². The summed E-state index contributed by atoms with van der Waals surface area (Å²) in [5.41, 5.74) is 2.20. The number of Topliss-reactive ketones (excluding diaryl/α,β-unsaturated/α-hetero) is 1. The lowest BCUT2D eigenvalue weighted by Gasteiger charge is -2.36. The number of aromatic nitrogens is 2. The number of carbonyl (C=O) groups excluding carboxylic acids is 3.